The van der Waals surface area contributed by atoms with Gasteiger partial charge in [0.1, 0.15) is 17.2 Å². The molecule has 0 saturated heterocycles. The van der Waals surface area contributed by atoms with Gasteiger partial charge in [-0.05, 0) is 68.4 Å². The lowest BCUT2D eigenvalue weighted by Crippen LogP contribution is -2.43. The number of nitrogens with one attached hydrogen (secondary N) is 3. The lowest BCUT2D eigenvalue weighted by molar-refractivity contribution is 0.102. The summed E-state index contributed by atoms with van der Waals surface area (Å²) in [4.78, 5) is 21.5. The number of hydrogen-bond acceptors (Lipinski definition) is 7. The van der Waals surface area contributed by atoms with Crippen molar-refractivity contribution in [1.82, 2.24) is 19.7 Å². The normalized spacial score (nSPS) is 10.6. The second-order valence-electron chi connectivity index (χ2n) is 8.14. The minimum atomic E-state index is -0.339. The zero-order valence-electron chi connectivity index (χ0n) is 20.6. The first-order chi connectivity index (χ1) is 15.7. The third-order valence-corrected chi connectivity index (χ3v) is 5.08. The molecule has 9 heteroatoms. The lowest BCUT2D eigenvalue weighted by Gasteiger charge is -2.23. The predicted molar refractivity (Wildman–Crippen MR) is 140 cm³/mol. The fourth-order valence-electron chi connectivity index (χ4n) is 2.95. The molecule has 8 nitrogen and oxygen atoms in total. The van der Waals surface area contributed by atoms with E-state index < -0.39 is 0 Å². The van der Waals surface area contributed by atoms with Crippen LogP contribution in [0.15, 0.2) is 30.5 Å². The first-order valence-corrected chi connectivity index (χ1v) is 11.9. The van der Waals surface area contributed by atoms with Crippen LogP contribution in [0.4, 0.5) is 5.82 Å². The molecule has 2 heterocycles. The van der Waals surface area contributed by atoms with Gasteiger partial charge >= 0.3 is 0 Å². The number of nitrogens with two attached hydrogens (primary N) is 1. The molecule has 0 aliphatic rings. The number of aromatic nitrogens is 2. The van der Waals surface area contributed by atoms with Crippen LogP contribution < -0.4 is 15.9 Å². The van der Waals surface area contributed by atoms with Gasteiger partial charge in [0.05, 0.1) is 0 Å². The molecule has 0 aliphatic heterocycles. The minimum absolute atomic E-state index is 0.0442. The van der Waals surface area contributed by atoms with Crippen molar-refractivity contribution in [3.05, 3.63) is 53.0 Å². The van der Waals surface area contributed by atoms with Crippen molar-refractivity contribution in [1.29, 1.82) is 5.41 Å². The summed E-state index contributed by atoms with van der Waals surface area (Å²) in [6.07, 6.45) is 4.48. The van der Waals surface area contributed by atoms with Gasteiger partial charge in [0.15, 0.2) is 5.84 Å². The topological polar surface area (TPSA) is 120 Å². The van der Waals surface area contributed by atoms with Crippen molar-refractivity contribution < 1.29 is 4.79 Å². The Morgan fingerprint density at radius 2 is 1.85 bits per heavy atom. The number of carbonyl (C=O) groups is 1. The maximum absolute atomic E-state index is 12.8. The molecule has 1 amide bonds. The Morgan fingerprint density at radius 3 is 2.45 bits per heavy atom. The average molecular weight is 474 g/mol. The van der Waals surface area contributed by atoms with Crippen LogP contribution in [0, 0.1) is 11.3 Å². The van der Waals surface area contributed by atoms with E-state index in [0.29, 0.717) is 23.1 Å². The fourth-order valence-corrected chi connectivity index (χ4v) is 3.06. The summed E-state index contributed by atoms with van der Waals surface area (Å²) in [7, 11) is 0. The standard InChI is InChI=1S/C22H33N7OS.C2H6/c1-14(2)8-9-16-12-19(25-13-17(16)10-11-26-31)22(30)28-20-7-5-6-18(27-20)21(23)29(24)15(3)4;1-2/h5-7,12-15,23,26,31H,8-11,24H2,1-4H3,(H,27,28,30);1-2H3. The third-order valence-electron chi connectivity index (χ3n) is 4.86. The number of amidine groups is 1. The Kier molecular flexibility index (Phi) is 12.6. The SMILES string of the molecule is CC.CC(C)CCc1cc(C(=O)Nc2cccc(C(=N)N(N)C(C)C)n2)ncc1CCNS. The number of nitrogens with zero attached hydrogens (tertiary/aromatic N) is 3. The lowest BCUT2D eigenvalue weighted by atomic mass is 9.97. The molecule has 33 heavy (non-hydrogen) atoms. The quantitative estimate of drug-likeness (QED) is 0.116. The smallest absolute Gasteiger partial charge is 0.275 e. The van der Waals surface area contributed by atoms with E-state index in [9.17, 15) is 4.79 Å². The number of amides is 1. The molecule has 0 saturated carbocycles. The number of anilines is 1. The van der Waals surface area contributed by atoms with E-state index in [1.54, 1.807) is 24.4 Å². The summed E-state index contributed by atoms with van der Waals surface area (Å²) in [6.45, 7) is 12.9. The highest BCUT2D eigenvalue weighted by Gasteiger charge is 2.16. The van der Waals surface area contributed by atoms with Gasteiger partial charge in [0.2, 0.25) is 0 Å². The van der Waals surface area contributed by atoms with Crippen LogP contribution in [0.3, 0.4) is 0 Å². The highest BCUT2D eigenvalue weighted by Crippen LogP contribution is 2.17. The average Bonchev–Trinajstić information content (AvgIpc) is 2.81. The predicted octanol–water partition coefficient (Wildman–Crippen LogP) is 4.23. The third kappa shape index (κ3) is 9.11. The molecule has 0 aromatic carbocycles. The Labute approximate surface area is 203 Å². The molecule has 182 valence electrons. The monoisotopic (exact) mass is 473 g/mol. The Bertz CT molecular complexity index is 902. The van der Waals surface area contributed by atoms with E-state index in [0.717, 1.165) is 36.9 Å². The molecular weight excluding hydrogens is 434 g/mol. The largest absolute Gasteiger partial charge is 0.305 e. The van der Waals surface area contributed by atoms with Crippen LogP contribution >= 0.6 is 12.8 Å². The second-order valence-corrected chi connectivity index (χ2v) is 8.46. The van der Waals surface area contributed by atoms with Crippen LogP contribution in [-0.2, 0) is 12.8 Å². The molecule has 0 spiro atoms. The summed E-state index contributed by atoms with van der Waals surface area (Å²) in [5, 5.41) is 12.3. The van der Waals surface area contributed by atoms with Gasteiger partial charge in [-0.15, -0.1) is 0 Å². The van der Waals surface area contributed by atoms with Crippen molar-refractivity contribution >= 4 is 30.4 Å². The van der Waals surface area contributed by atoms with Gasteiger partial charge < -0.3 is 5.32 Å². The van der Waals surface area contributed by atoms with Gasteiger partial charge in [-0.2, -0.15) is 0 Å². The van der Waals surface area contributed by atoms with Crippen LogP contribution in [0.2, 0.25) is 0 Å². The fraction of sp³-hybridized carbons (Fsp3) is 0.500. The highest BCUT2D eigenvalue weighted by molar-refractivity contribution is 7.78. The van der Waals surface area contributed by atoms with Gasteiger partial charge in [-0.3, -0.25) is 24.9 Å². The van der Waals surface area contributed by atoms with E-state index in [1.807, 2.05) is 33.8 Å². The zero-order chi connectivity index (χ0) is 25.0. The molecule has 5 N–H and O–H groups in total. The molecule has 0 radical (unpaired) electrons. The molecular formula is C24H39N7OS. The van der Waals surface area contributed by atoms with E-state index in [-0.39, 0.29) is 17.8 Å². The minimum Gasteiger partial charge on any atom is -0.305 e. The molecule has 0 fully saturated rings. The Hall–Kier alpha value is -2.49. The number of carbonyl (C=O) groups excluding carboxylic acids is 1. The van der Waals surface area contributed by atoms with Crippen molar-refractivity contribution in [2.24, 2.45) is 11.8 Å². The molecule has 0 unspecified atom stereocenters. The first kappa shape index (κ1) is 28.5. The number of aryl methyl sites for hydroxylation is 1. The number of hydrazine groups is 1. The number of pyridine rings is 2. The van der Waals surface area contributed by atoms with Gasteiger partial charge in [0.25, 0.3) is 5.91 Å². The number of thiol groups is 1. The molecule has 0 atom stereocenters. The summed E-state index contributed by atoms with van der Waals surface area (Å²) < 4.78 is 2.86. The van der Waals surface area contributed by atoms with Crippen LogP contribution in [-0.4, -0.2) is 39.3 Å². The zero-order valence-corrected chi connectivity index (χ0v) is 21.5. The number of rotatable bonds is 10. The molecule has 2 rings (SSSR count). The maximum atomic E-state index is 12.8. The van der Waals surface area contributed by atoms with Gasteiger partial charge in [0, 0.05) is 18.8 Å². The van der Waals surface area contributed by atoms with Crippen LogP contribution in [0.5, 0.6) is 0 Å². The highest BCUT2D eigenvalue weighted by atomic mass is 32.1. The van der Waals surface area contributed by atoms with Crippen molar-refractivity contribution in [3.8, 4) is 0 Å². The first-order valence-electron chi connectivity index (χ1n) is 11.5. The Morgan fingerprint density at radius 1 is 1.15 bits per heavy atom. The summed E-state index contributed by atoms with van der Waals surface area (Å²) in [5.41, 5.74) is 2.96. The van der Waals surface area contributed by atoms with E-state index >= 15 is 0 Å². The van der Waals surface area contributed by atoms with Crippen molar-refractivity contribution in [2.75, 3.05) is 11.9 Å². The van der Waals surface area contributed by atoms with Crippen molar-refractivity contribution in [2.45, 2.75) is 66.8 Å². The molecule has 2 aromatic heterocycles. The Balaban J connectivity index is 0.00000265. The van der Waals surface area contributed by atoms with Crippen LogP contribution in [0.25, 0.3) is 0 Å². The molecule has 0 bridgehead atoms. The van der Waals surface area contributed by atoms with E-state index in [2.05, 4.69) is 46.7 Å². The molecule has 2 aromatic rings. The summed E-state index contributed by atoms with van der Waals surface area (Å²) in [5.74, 6) is 6.57. The summed E-state index contributed by atoms with van der Waals surface area (Å²) in [6, 6.07) is 6.91. The molecule has 0 aliphatic carbocycles. The second kappa shape index (κ2) is 14.6. The van der Waals surface area contributed by atoms with Crippen molar-refractivity contribution in [3.63, 3.8) is 0 Å². The maximum Gasteiger partial charge on any atom is 0.275 e. The van der Waals surface area contributed by atoms with Crippen LogP contribution in [0.1, 0.15) is 75.3 Å². The van der Waals surface area contributed by atoms with E-state index in [4.69, 9.17) is 11.3 Å². The van der Waals surface area contributed by atoms with Gasteiger partial charge in [-0.1, -0.05) is 46.6 Å². The number of hydrogen-bond donors (Lipinski definition) is 5. The summed E-state index contributed by atoms with van der Waals surface area (Å²) >= 11 is 4.06. The van der Waals surface area contributed by atoms with Gasteiger partial charge in [-0.25, -0.2) is 10.8 Å². The van der Waals surface area contributed by atoms with E-state index in [1.165, 1.54) is 5.01 Å².